The number of aromatic nitrogens is 4. The zero-order valence-corrected chi connectivity index (χ0v) is 28.5. The first-order valence-electron chi connectivity index (χ1n) is 15.0. The smallest absolute Gasteiger partial charge is 0.229 e. The summed E-state index contributed by atoms with van der Waals surface area (Å²) in [7, 11) is 1.23. The number of halogens is 1. The highest BCUT2D eigenvalue weighted by atomic mass is 79.9. The molecule has 3 aromatic heterocycles. The van der Waals surface area contributed by atoms with E-state index in [4.69, 9.17) is 9.72 Å². The summed E-state index contributed by atoms with van der Waals surface area (Å²) in [6.45, 7) is 12.4. The molecule has 11 nitrogen and oxygen atoms in total. The van der Waals surface area contributed by atoms with Crippen LogP contribution in [0.4, 0.5) is 28.8 Å². The summed E-state index contributed by atoms with van der Waals surface area (Å²) < 4.78 is 21.7. The number of methoxy groups -OCH3 is 1. The minimum absolute atomic E-state index is 0.413. The molecule has 4 aromatic rings. The highest BCUT2D eigenvalue weighted by Crippen LogP contribution is 2.40. The van der Waals surface area contributed by atoms with Crippen LogP contribution in [0.2, 0.25) is 0 Å². The van der Waals surface area contributed by atoms with Gasteiger partial charge in [0.15, 0.2) is 0 Å². The van der Waals surface area contributed by atoms with Gasteiger partial charge in [-0.15, -0.1) is 0 Å². The first kappa shape index (κ1) is 30.8. The van der Waals surface area contributed by atoms with E-state index in [9.17, 15) is 4.57 Å². The number of hydrogen-bond donors (Lipinski definition) is 2. The second-order valence-electron chi connectivity index (χ2n) is 12.1. The number of imidazole rings is 1. The number of fused-ring (bicyclic) bond motifs is 1. The van der Waals surface area contributed by atoms with Crippen LogP contribution in [0.25, 0.3) is 5.52 Å². The van der Waals surface area contributed by atoms with Crippen molar-refractivity contribution in [2.24, 2.45) is 0 Å². The molecule has 0 bridgehead atoms. The fraction of sp³-hybridized carbons (Fsp3) is 0.452. The van der Waals surface area contributed by atoms with Crippen LogP contribution in [-0.2, 0) is 4.57 Å². The Hall–Kier alpha value is -3.18. The molecular weight excluding hydrogens is 641 g/mol. The van der Waals surface area contributed by atoms with Gasteiger partial charge in [-0.3, -0.25) is 9.30 Å². The molecule has 2 aliphatic rings. The third-order valence-corrected chi connectivity index (χ3v) is 10.7. The number of nitrogens with one attached hydrogen (secondary N) is 2. The Morgan fingerprint density at radius 1 is 1.00 bits per heavy atom. The van der Waals surface area contributed by atoms with Crippen molar-refractivity contribution in [3.8, 4) is 5.75 Å². The molecule has 0 aliphatic carbocycles. The van der Waals surface area contributed by atoms with E-state index in [1.807, 2.05) is 16.5 Å². The average molecular weight is 683 g/mol. The van der Waals surface area contributed by atoms with Gasteiger partial charge in [-0.05, 0) is 79.8 Å². The van der Waals surface area contributed by atoms with Crippen molar-refractivity contribution < 1.29 is 9.30 Å². The molecule has 44 heavy (non-hydrogen) atoms. The van der Waals surface area contributed by atoms with Gasteiger partial charge in [0.05, 0.1) is 41.0 Å². The van der Waals surface area contributed by atoms with Crippen molar-refractivity contribution >= 4 is 62.9 Å². The fourth-order valence-corrected chi connectivity index (χ4v) is 8.02. The number of benzene rings is 1. The number of hydrogen-bond acceptors (Lipinski definition) is 10. The topological polar surface area (TPSA) is 103 Å². The van der Waals surface area contributed by atoms with Crippen molar-refractivity contribution in [2.45, 2.75) is 25.8 Å². The van der Waals surface area contributed by atoms with E-state index in [2.05, 4.69) is 77.3 Å². The van der Waals surface area contributed by atoms with Gasteiger partial charge in [0, 0.05) is 63.3 Å². The molecule has 0 spiro atoms. The highest BCUT2D eigenvalue weighted by molar-refractivity contribution is 9.10. The predicted octanol–water partition coefficient (Wildman–Crippen LogP) is 5.16. The fourth-order valence-electron chi connectivity index (χ4n) is 6.33. The zero-order valence-electron chi connectivity index (χ0n) is 26.0. The van der Waals surface area contributed by atoms with Crippen molar-refractivity contribution in [1.29, 1.82) is 0 Å². The molecule has 234 valence electrons. The third-order valence-electron chi connectivity index (χ3n) is 8.69. The van der Waals surface area contributed by atoms with Gasteiger partial charge in [-0.2, -0.15) is 4.98 Å². The van der Waals surface area contributed by atoms with Crippen molar-refractivity contribution in [3.63, 3.8) is 0 Å². The molecule has 6 rings (SSSR count). The minimum Gasteiger partial charge on any atom is -0.494 e. The molecule has 0 saturated carbocycles. The van der Waals surface area contributed by atoms with Gasteiger partial charge < -0.3 is 29.7 Å². The van der Waals surface area contributed by atoms with Gasteiger partial charge in [0.1, 0.15) is 24.1 Å². The van der Waals surface area contributed by atoms with Crippen molar-refractivity contribution in [2.75, 3.05) is 82.3 Å². The Bertz CT molecular complexity index is 1690. The highest BCUT2D eigenvalue weighted by Gasteiger charge is 2.28. The predicted molar refractivity (Wildman–Crippen MR) is 183 cm³/mol. The van der Waals surface area contributed by atoms with Gasteiger partial charge in [-0.25, -0.2) is 9.97 Å². The van der Waals surface area contributed by atoms with Crippen LogP contribution >= 0.6 is 23.1 Å². The number of rotatable bonds is 8. The lowest BCUT2D eigenvalue weighted by molar-refractivity contribution is 0.0982. The van der Waals surface area contributed by atoms with Crippen LogP contribution in [-0.4, -0.2) is 102 Å². The summed E-state index contributed by atoms with van der Waals surface area (Å²) in [5, 5.41) is 6.74. The summed E-state index contributed by atoms with van der Waals surface area (Å²) in [5.74, 6) is 1.70. The second-order valence-corrected chi connectivity index (χ2v) is 16.1. The molecule has 0 amide bonds. The summed E-state index contributed by atoms with van der Waals surface area (Å²) in [6, 6.07) is 8.74. The second kappa shape index (κ2) is 12.7. The van der Waals surface area contributed by atoms with Gasteiger partial charge >= 0.3 is 0 Å². The van der Waals surface area contributed by atoms with Crippen molar-refractivity contribution in [3.05, 3.63) is 53.0 Å². The van der Waals surface area contributed by atoms with E-state index >= 15 is 0 Å². The quantitative estimate of drug-likeness (QED) is 0.243. The number of anilines is 5. The first-order chi connectivity index (χ1) is 21.1. The maximum absolute atomic E-state index is 13.3. The summed E-state index contributed by atoms with van der Waals surface area (Å²) in [6.07, 6.45) is 7.49. The van der Waals surface area contributed by atoms with E-state index in [0.717, 1.165) is 43.1 Å². The number of piperazine rings is 1. The maximum atomic E-state index is 13.3. The Balaban J connectivity index is 1.20. The lowest BCUT2D eigenvalue weighted by Crippen LogP contribution is -2.52. The van der Waals surface area contributed by atoms with Crippen LogP contribution < -0.4 is 25.7 Å². The minimum atomic E-state index is -2.67. The molecule has 2 aliphatic heterocycles. The van der Waals surface area contributed by atoms with E-state index < -0.39 is 7.14 Å². The molecule has 1 aromatic carbocycles. The monoisotopic (exact) mass is 681 g/mol. The molecule has 0 atom stereocenters. The lowest BCUT2D eigenvalue weighted by atomic mass is 10.0. The van der Waals surface area contributed by atoms with E-state index in [-0.39, 0.29) is 0 Å². The van der Waals surface area contributed by atoms with Gasteiger partial charge in [0.2, 0.25) is 5.95 Å². The number of piperidine rings is 1. The SMILES string of the molecule is COc1cc(N2CCC(N3CCN(C)CC3)CC2)c(C)cc1Nc1ncc(Br)c(Nc2ccc3cncn3c2P(C)(C)=O)n1. The largest absolute Gasteiger partial charge is 0.494 e. The third kappa shape index (κ3) is 6.44. The van der Waals surface area contributed by atoms with Crippen LogP contribution in [0.1, 0.15) is 18.4 Å². The Labute approximate surface area is 267 Å². The summed E-state index contributed by atoms with van der Waals surface area (Å²) in [5.41, 5.74) is 5.41. The van der Waals surface area contributed by atoms with E-state index in [1.54, 1.807) is 39.2 Å². The molecule has 2 saturated heterocycles. The normalized spacial score (nSPS) is 17.3. The molecule has 13 heteroatoms. The maximum Gasteiger partial charge on any atom is 0.229 e. The van der Waals surface area contributed by atoms with Crippen molar-refractivity contribution in [1.82, 2.24) is 29.2 Å². The molecule has 0 radical (unpaired) electrons. The Morgan fingerprint density at radius 2 is 1.75 bits per heavy atom. The number of likely N-dealkylation sites (N-methyl/N-ethyl adjacent to an activating group) is 1. The zero-order chi connectivity index (χ0) is 31.0. The molecular formula is C31H41BrN9O2P. The molecule has 5 heterocycles. The summed E-state index contributed by atoms with van der Waals surface area (Å²) >= 11 is 3.58. The molecule has 2 N–H and O–H groups in total. The lowest BCUT2D eigenvalue weighted by Gasteiger charge is -2.43. The molecule has 0 unspecified atom stereocenters. The Morgan fingerprint density at radius 3 is 2.45 bits per heavy atom. The standard InChI is InChI=1S/C31H41BrN9O2P/c1-21-16-26(28(43-3)17-27(21)40-10-8-22(9-11-40)39-14-12-38(2)13-15-39)36-31-34-19-24(32)29(37-31)35-25-7-6-23-18-33-20-41(23)30(25)44(4,5)42/h6-7,16-20,22H,8-15H2,1-5H3,(H2,34,35,36,37). The first-order valence-corrected chi connectivity index (χ1v) is 18.4. The Kier molecular flexibility index (Phi) is 8.88. The van der Waals surface area contributed by atoms with Crippen LogP contribution in [0, 0.1) is 6.92 Å². The molecule has 2 fully saturated rings. The van der Waals surface area contributed by atoms with Gasteiger partial charge in [0.25, 0.3) is 0 Å². The van der Waals surface area contributed by atoms with Crippen LogP contribution in [0.15, 0.2) is 47.5 Å². The number of ether oxygens (including phenoxy) is 1. The van der Waals surface area contributed by atoms with E-state index in [0.29, 0.717) is 33.4 Å². The van der Waals surface area contributed by atoms with Crippen LogP contribution in [0.3, 0.4) is 0 Å². The summed E-state index contributed by atoms with van der Waals surface area (Å²) in [4.78, 5) is 21.1. The average Bonchev–Trinajstić information content (AvgIpc) is 3.47. The van der Waals surface area contributed by atoms with Crippen LogP contribution in [0.5, 0.6) is 5.75 Å². The number of aryl methyl sites for hydroxylation is 1. The number of nitrogens with zero attached hydrogens (tertiary/aromatic N) is 7. The van der Waals surface area contributed by atoms with E-state index in [1.165, 1.54) is 37.2 Å². The van der Waals surface area contributed by atoms with Gasteiger partial charge in [-0.1, -0.05) is 0 Å². The number of pyridine rings is 1.